The number of rotatable bonds is 37. The quantitative estimate of drug-likeness (QED) is 0.0394. The molecule has 0 spiro atoms. The molecule has 0 atom stereocenters. The fourth-order valence-electron chi connectivity index (χ4n) is 6.15. The Labute approximate surface area is 278 Å². The molecule has 0 aliphatic carbocycles. The third-order valence-electron chi connectivity index (χ3n) is 9.12. The lowest BCUT2D eigenvalue weighted by Gasteiger charge is -2.04. The maximum Gasteiger partial charge on any atom is 0.302 e. The van der Waals surface area contributed by atoms with Crippen LogP contribution in [0.1, 0.15) is 232 Å². The highest BCUT2D eigenvalue weighted by atomic mass is 16.5. The van der Waals surface area contributed by atoms with E-state index in [4.69, 9.17) is 4.74 Å². The molecular weight excluding hydrogens is 536 g/mol. The summed E-state index contributed by atoms with van der Waals surface area (Å²) in [5.41, 5.74) is 0. The number of carbonyl (C=O) groups excluding carboxylic acids is 1. The molecule has 0 bridgehead atoms. The van der Waals surface area contributed by atoms with Crippen molar-refractivity contribution >= 4 is 5.97 Å². The van der Waals surface area contributed by atoms with Crippen LogP contribution in [-0.2, 0) is 9.53 Å². The Morgan fingerprint density at radius 3 is 0.841 bits per heavy atom. The number of hydrogen-bond donors (Lipinski definition) is 0. The average Bonchev–Trinajstić information content (AvgIpc) is 3.02. The van der Waals surface area contributed by atoms with E-state index in [9.17, 15) is 4.79 Å². The highest BCUT2D eigenvalue weighted by Crippen LogP contribution is 2.15. The van der Waals surface area contributed by atoms with Crippen LogP contribution in [0.25, 0.3) is 0 Å². The van der Waals surface area contributed by atoms with Crippen LogP contribution in [0.4, 0.5) is 0 Å². The van der Waals surface area contributed by atoms with E-state index in [1.54, 1.807) is 0 Å². The molecule has 0 aromatic rings. The van der Waals surface area contributed by atoms with Gasteiger partial charge in [-0.25, -0.2) is 0 Å². The standard InChI is InChI=1S/C42H80O2/c1-3-4-5-6-7-8-9-10-11-12-13-14-15-16-17-18-19-20-21-22-23-24-25-26-27-28-29-30-31-32-33-34-35-36-37-38-39-40-41-44-42(2)43/h23-24,32-33H,3-22,25-31,34-41H2,1-2H3/b24-23+,33-32-. The van der Waals surface area contributed by atoms with Gasteiger partial charge >= 0.3 is 5.97 Å². The second-order valence-electron chi connectivity index (χ2n) is 13.7. The zero-order valence-corrected chi connectivity index (χ0v) is 30.4. The van der Waals surface area contributed by atoms with E-state index in [0.717, 1.165) is 6.42 Å². The van der Waals surface area contributed by atoms with Gasteiger partial charge in [0.2, 0.25) is 0 Å². The fraction of sp³-hybridized carbons (Fsp3) is 0.881. The topological polar surface area (TPSA) is 26.3 Å². The lowest BCUT2D eigenvalue weighted by molar-refractivity contribution is -0.141. The molecule has 0 N–H and O–H groups in total. The molecule has 0 aliphatic rings. The minimum Gasteiger partial charge on any atom is -0.466 e. The molecular formula is C42H80O2. The van der Waals surface area contributed by atoms with Crippen LogP contribution in [0.15, 0.2) is 24.3 Å². The van der Waals surface area contributed by atoms with Crippen molar-refractivity contribution in [1.82, 2.24) is 0 Å². The summed E-state index contributed by atoms with van der Waals surface area (Å²) < 4.78 is 4.97. The maximum atomic E-state index is 10.7. The summed E-state index contributed by atoms with van der Waals surface area (Å²) in [6.45, 7) is 4.38. The molecule has 44 heavy (non-hydrogen) atoms. The lowest BCUT2D eigenvalue weighted by Crippen LogP contribution is -1.99. The van der Waals surface area contributed by atoms with Crippen molar-refractivity contribution in [3.8, 4) is 0 Å². The normalized spacial score (nSPS) is 11.8. The van der Waals surface area contributed by atoms with Crippen LogP contribution in [-0.4, -0.2) is 12.6 Å². The molecule has 2 nitrogen and oxygen atoms in total. The number of hydrogen-bond acceptors (Lipinski definition) is 2. The number of allylic oxidation sites excluding steroid dienone is 4. The summed E-state index contributed by atoms with van der Waals surface area (Å²) >= 11 is 0. The van der Waals surface area contributed by atoms with Gasteiger partial charge in [0.05, 0.1) is 6.61 Å². The van der Waals surface area contributed by atoms with E-state index >= 15 is 0 Å². The van der Waals surface area contributed by atoms with E-state index in [0.29, 0.717) is 6.61 Å². The minimum absolute atomic E-state index is 0.157. The third-order valence-corrected chi connectivity index (χ3v) is 9.12. The first kappa shape index (κ1) is 43.0. The molecule has 0 aromatic carbocycles. The molecule has 0 heterocycles. The Hall–Kier alpha value is -1.05. The fourth-order valence-corrected chi connectivity index (χ4v) is 6.15. The van der Waals surface area contributed by atoms with Gasteiger partial charge in [0.1, 0.15) is 0 Å². The van der Waals surface area contributed by atoms with E-state index < -0.39 is 0 Å². The van der Waals surface area contributed by atoms with Crippen LogP contribution < -0.4 is 0 Å². The number of carbonyl (C=O) groups is 1. The first-order chi connectivity index (χ1) is 21.8. The summed E-state index contributed by atoms with van der Waals surface area (Å²) in [4.78, 5) is 10.7. The van der Waals surface area contributed by atoms with Crippen molar-refractivity contribution in [1.29, 1.82) is 0 Å². The molecule has 0 saturated heterocycles. The molecule has 0 rings (SSSR count). The second kappa shape index (κ2) is 40.0. The first-order valence-corrected chi connectivity index (χ1v) is 20.2. The lowest BCUT2D eigenvalue weighted by atomic mass is 10.0. The average molecular weight is 617 g/mol. The molecule has 2 heteroatoms. The first-order valence-electron chi connectivity index (χ1n) is 20.2. The highest BCUT2D eigenvalue weighted by Gasteiger charge is 1.96. The van der Waals surface area contributed by atoms with Gasteiger partial charge in [-0.2, -0.15) is 0 Å². The van der Waals surface area contributed by atoms with E-state index in [-0.39, 0.29) is 5.97 Å². The highest BCUT2D eigenvalue weighted by molar-refractivity contribution is 5.65. The summed E-state index contributed by atoms with van der Waals surface area (Å²) in [6.07, 6.45) is 56.8. The largest absolute Gasteiger partial charge is 0.466 e. The second-order valence-corrected chi connectivity index (χ2v) is 13.7. The smallest absolute Gasteiger partial charge is 0.302 e. The van der Waals surface area contributed by atoms with E-state index in [2.05, 4.69) is 31.2 Å². The third kappa shape index (κ3) is 41.0. The Balaban J connectivity index is 3.14. The van der Waals surface area contributed by atoms with Gasteiger partial charge in [-0.05, 0) is 57.8 Å². The van der Waals surface area contributed by atoms with Gasteiger partial charge in [0.25, 0.3) is 0 Å². The monoisotopic (exact) mass is 617 g/mol. The molecule has 0 aliphatic heterocycles. The van der Waals surface area contributed by atoms with Gasteiger partial charge in [0.15, 0.2) is 0 Å². The minimum atomic E-state index is -0.157. The Morgan fingerprint density at radius 2 is 0.591 bits per heavy atom. The Bertz CT molecular complexity index is 593. The van der Waals surface area contributed by atoms with Crippen molar-refractivity contribution in [3.63, 3.8) is 0 Å². The predicted octanol–water partition coefficient (Wildman–Crippen LogP) is 14.9. The van der Waals surface area contributed by atoms with Crippen LogP contribution in [0.2, 0.25) is 0 Å². The zero-order chi connectivity index (χ0) is 31.9. The van der Waals surface area contributed by atoms with E-state index in [1.807, 2.05) is 0 Å². The molecule has 0 saturated carbocycles. The summed E-state index contributed by atoms with van der Waals surface area (Å²) in [7, 11) is 0. The van der Waals surface area contributed by atoms with Gasteiger partial charge in [-0.15, -0.1) is 0 Å². The molecule has 0 aromatic heterocycles. The number of unbranched alkanes of at least 4 members (excludes halogenated alkanes) is 31. The van der Waals surface area contributed by atoms with Crippen molar-refractivity contribution in [2.24, 2.45) is 0 Å². The maximum absolute atomic E-state index is 10.7. The van der Waals surface area contributed by atoms with Crippen LogP contribution in [0.5, 0.6) is 0 Å². The Morgan fingerprint density at radius 1 is 0.364 bits per heavy atom. The van der Waals surface area contributed by atoms with Crippen molar-refractivity contribution < 1.29 is 9.53 Å². The van der Waals surface area contributed by atoms with Crippen LogP contribution in [0.3, 0.4) is 0 Å². The molecule has 260 valence electrons. The van der Waals surface area contributed by atoms with E-state index in [1.165, 1.54) is 219 Å². The molecule has 0 unspecified atom stereocenters. The zero-order valence-electron chi connectivity index (χ0n) is 30.4. The van der Waals surface area contributed by atoms with Gasteiger partial charge in [-0.1, -0.05) is 192 Å². The van der Waals surface area contributed by atoms with Crippen LogP contribution >= 0.6 is 0 Å². The van der Waals surface area contributed by atoms with Crippen molar-refractivity contribution in [2.75, 3.05) is 6.61 Å². The summed E-state index contributed by atoms with van der Waals surface area (Å²) in [5, 5.41) is 0. The van der Waals surface area contributed by atoms with Crippen molar-refractivity contribution in [3.05, 3.63) is 24.3 Å². The number of ether oxygens (including phenoxy) is 1. The van der Waals surface area contributed by atoms with Gasteiger partial charge < -0.3 is 4.74 Å². The number of esters is 1. The summed E-state index contributed by atoms with van der Waals surface area (Å²) in [5.74, 6) is -0.157. The van der Waals surface area contributed by atoms with Gasteiger partial charge in [0, 0.05) is 6.92 Å². The molecule has 0 fully saturated rings. The Kier molecular flexibility index (Phi) is 39.0. The van der Waals surface area contributed by atoms with Gasteiger partial charge in [-0.3, -0.25) is 4.79 Å². The summed E-state index contributed by atoms with van der Waals surface area (Å²) in [6, 6.07) is 0. The van der Waals surface area contributed by atoms with Crippen molar-refractivity contribution in [2.45, 2.75) is 232 Å². The SMILES string of the molecule is CCCCCCCCCCCCCCCCCCCCC/C=C/CCCCCCC/C=C\CCCCCCCCOC(C)=O. The van der Waals surface area contributed by atoms with Crippen LogP contribution in [0, 0.1) is 0 Å². The molecule has 0 amide bonds. The molecule has 0 radical (unpaired) electrons. The predicted molar refractivity (Wildman–Crippen MR) is 198 cm³/mol.